The highest BCUT2D eigenvalue weighted by Gasteiger charge is 2.29. The molecule has 4 rings (SSSR count). The van der Waals surface area contributed by atoms with Crippen LogP contribution in [0.2, 0.25) is 0 Å². The normalized spacial score (nSPS) is 20.4. The lowest BCUT2D eigenvalue weighted by molar-refractivity contribution is -0.149. The van der Waals surface area contributed by atoms with Crippen LogP contribution in [-0.2, 0) is 9.59 Å². The summed E-state index contributed by atoms with van der Waals surface area (Å²) in [6.45, 7) is 5.82. The number of fused-ring (bicyclic) bond motifs is 1. The van der Waals surface area contributed by atoms with Crippen molar-refractivity contribution in [3.63, 3.8) is 0 Å². The summed E-state index contributed by atoms with van der Waals surface area (Å²) in [5.74, 6) is 0.784. The number of rotatable bonds is 6. The van der Waals surface area contributed by atoms with Crippen molar-refractivity contribution in [1.82, 2.24) is 14.8 Å². The van der Waals surface area contributed by atoms with Crippen molar-refractivity contribution in [3.8, 4) is 0 Å². The number of hydrogen-bond donors (Lipinski definition) is 0. The van der Waals surface area contributed by atoms with Gasteiger partial charge in [-0.1, -0.05) is 6.92 Å². The number of carbonyl (C=O) groups excluding carboxylic acids is 2. The fourth-order valence-electron chi connectivity index (χ4n) is 4.55. The second kappa shape index (κ2) is 8.70. The van der Waals surface area contributed by atoms with E-state index < -0.39 is 0 Å². The van der Waals surface area contributed by atoms with E-state index in [1.807, 2.05) is 13.1 Å². The van der Waals surface area contributed by atoms with Crippen LogP contribution in [0.5, 0.6) is 0 Å². The fraction of sp³-hybridized carbons (Fsp3) is 0.591. The Balaban J connectivity index is 1.21. The molecule has 0 spiro atoms. The van der Waals surface area contributed by atoms with E-state index in [0.29, 0.717) is 25.3 Å². The predicted molar refractivity (Wildman–Crippen MR) is 112 cm³/mol. The molecule has 0 N–H and O–H groups in total. The Labute approximate surface area is 170 Å². The molecule has 6 heteroatoms. The Bertz CT molecular complexity index is 823. The molecule has 0 aliphatic carbocycles. The van der Waals surface area contributed by atoms with Crippen LogP contribution in [0.1, 0.15) is 57.1 Å². The van der Waals surface area contributed by atoms with E-state index in [-0.39, 0.29) is 17.7 Å². The van der Waals surface area contributed by atoms with Gasteiger partial charge in [0.25, 0.3) is 0 Å². The van der Waals surface area contributed by atoms with E-state index in [1.54, 1.807) is 11.3 Å². The lowest BCUT2D eigenvalue weighted by Crippen LogP contribution is -2.43. The maximum Gasteiger partial charge on any atom is 0.229 e. The van der Waals surface area contributed by atoms with Crippen LogP contribution in [0.3, 0.4) is 0 Å². The van der Waals surface area contributed by atoms with E-state index in [2.05, 4.69) is 22.4 Å². The van der Waals surface area contributed by atoms with Gasteiger partial charge in [0.05, 0.1) is 5.69 Å². The van der Waals surface area contributed by atoms with Crippen molar-refractivity contribution in [2.45, 2.75) is 51.4 Å². The Kier molecular flexibility index (Phi) is 6.07. The Morgan fingerprint density at radius 1 is 1.07 bits per heavy atom. The van der Waals surface area contributed by atoms with Crippen molar-refractivity contribution in [2.24, 2.45) is 5.92 Å². The van der Waals surface area contributed by atoms with Crippen molar-refractivity contribution in [2.75, 3.05) is 26.2 Å². The van der Waals surface area contributed by atoms with Crippen LogP contribution in [0.15, 0.2) is 23.7 Å². The van der Waals surface area contributed by atoms with Gasteiger partial charge in [0.2, 0.25) is 11.8 Å². The molecule has 2 amide bonds. The molecule has 0 saturated carbocycles. The van der Waals surface area contributed by atoms with Crippen molar-refractivity contribution >= 4 is 33.2 Å². The molecule has 5 nitrogen and oxygen atoms in total. The Hall–Kier alpha value is -1.79. The summed E-state index contributed by atoms with van der Waals surface area (Å²) in [6, 6.07) is 4.32. The summed E-state index contributed by atoms with van der Waals surface area (Å²) in [6.07, 6.45) is 7.24. The SMILES string of the molecule is CC1CC(=O)N(CCCCN2CCC(c3nccc4sccc34)CC2)C(=O)C1. The molecule has 2 saturated heterocycles. The topological polar surface area (TPSA) is 53.5 Å². The number of pyridine rings is 1. The van der Waals surface area contributed by atoms with Gasteiger partial charge in [-0.2, -0.15) is 0 Å². The van der Waals surface area contributed by atoms with Gasteiger partial charge in [0, 0.05) is 41.6 Å². The number of aromatic nitrogens is 1. The van der Waals surface area contributed by atoms with Crippen molar-refractivity contribution in [3.05, 3.63) is 29.4 Å². The predicted octanol–water partition coefficient (Wildman–Crippen LogP) is 4.04. The van der Waals surface area contributed by atoms with Crippen LogP contribution in [0, 0.1) is 5.92 Å². The van der Waals surface area contributed by atoms with E-state index in [9.17, 15) is 9.59 Å². The number of unbranched alkanes of at least 4 members (excludes halogenated alkanes) is 1. The average molecular weight is 400 g/mol. The van der Waals surface area contributed by atoms with Gasteiger partial charge < -0.3 is 4.90 Å². The molecule has 2 aliphatic rings. The third kappa shape index (κ3) is 4.28. The van der Waals surface area contributed by atoms with Gasteiger partial charge in [-0.25, -0.2) is 0 Å². The largest absolute Gasteiger partial charge is 0.303 e. The molecule has 0 aromatic carbocycles. The van der Waals surface area contributed by atoms with Gasteiger partial charge in [-0.05, 0) is 68.7 Å². The van der Waals surface area contributed by atoms with Gasteiger partial charge >= 0.3 is 0 Å². The van der Waals surface area contributed by atoms with Gasteiger partial charge in [0.15, 0.2) is 0 Å². The number of hydrogen-bond acceptors (Lipinski definition) is 5. The highest BCUT2D eigenvalue weighted by molar-refractivity contribution is 7.17. The summed E-state index contributed by atoms with van der Waals surface area (Å²) in [4.78, 5) is 32.8. The Morgan fingerprint density at radius 2 is 1.79 bits per heavy atom. The highest BCUT2D eigenvalue weighted by Crippen LogP contribution is 2.33. The number of amides is 2. The van der Waals surface area contributed by atoms with Crippen LogP contribution in [0.25, 0.3) is 10.1 Å². The van der Waals surface area contributed by atoms with Crippen molar-refractivity contribution < 1.29 is 9.59 Å². The van der Waals surface area contributed by atoms with E-state index in [4.69, 9.17) is 4.98 Å². The summed E-state index contributed by atoms with van der Waals surface area (Å²) in [7, 11) is 0. The molecule has 0 unspecified atom stereocenters. The van der Waals surface area contributed by atoms with Gasteiger partial charge in [0.1, 0.15) is 0 Å². The van der Waals surface area contributed by atoms with Crippen LogP contribution in [0.4, 0.5) is 0 Å². The van der Waals surface area contributed by atoms with Crippen LogP contribution in [-0.4, -0.2) is 52.8 Å². The zero-order valence-corrected chi connectivity index (χ0v) is 17.4. The molecule has 0 radical (unpaired) electrons. The molecule has 150 valence electrons. The van der Waals surface area contributed by atoms with E-state index in [1.165, 1.54) is 20.7 Å². The first-order valence-electron chi connectivity index (χ1n) is 10.5. The summed E-state index contributed by atoms with van der Waals surface area (Å²) < 4.78 is 1.34. The second-order valence-electron chi connectivity index (χ2n) is 8.30. The lowest BCUT2D eigenvalue weighted by Gasteiger charge is -2.32. The number of carbonyl (C=O) groups is 2. The molecule has 0 atom stereocenters. The summed E-state index contributed by atoms with van der Waals surface area (Å²) in [5.41, 5.74) is 1.27. The molecule has 2 aromatic heterocycles. The smallest absolute Gasteiger partial charge is 0.229 e. The molecular weight excluding hydrogens is 370 g/mol. The van der Waals surface area contributed by atoms with Gasteiger partial charge in [-0.15, -0.1) is 11.3 Å². The quantitative estimate of drug-likeness (QED) is 0.543. The first kappa shape index (κ1) is 19.5. The Morgan fingerprint density at radius 3 is 2.54 bits per heavy atom. The zero-order valence-electron chi connectivity index (χ0n) is 16.6. The molecule has 28 heavy (non-hydrogen) atoms. The van der Waals surface area contributed by atoms with Crippen LogP contribution >= 0.6 is 11.3 Å². The van der Waals surface area contributed by atoms with Gasteiger partial charge in [-0.3, -0.25) is 19.5 Å². The lowest BCUT2D eigenvalue weighted by atomic mass is 9.91. The molecular formula is C22H29N3O2S. The maximum atomic E-state index is 12.0. The summed E-state index contributed by atoms with van der Waals surface area (Å²) >= 11 is 1.79. The number of likely N-dealkylation sites (tertiary alicyclic amines) is 2. The minimum absolute atomic E-state index is 0.0136. The first-order valence-corrected chi connectivity index (χ1v) is 11.4. The maximum absolute atomic E-state index is 12.0. The third-order valence-corrected chi connectivity index (χ3v) is 7.02. The monoisotopic (exact) mass is 399 g/mol. The zero-order chi connectivity index (χ0) is 19.5. The van der Waals surface area contributed by atoms with Crippen LogP contribution < -0.4 is 0 Å². The number of nitrogens with zero attached hydrogens (tertiary/aromatic N) is 3. The minimum Gasteiger partial charge on any atom is -0.303 e. The molecule has 0 bridgehead atoms. The second-order valence-corrected chi connectivity index (χ2v) is 9.25. The number of imide groups is 1. The summed E-state index contributed by atoms with van der Waals surface area (Å²) in [5, 5.41) is 3.49. The average Bonchev–Trinajstić information content (AvgIpc) is 3.16. The van der Waals surface area contributed by atoms with E-state index >= 15 is 0 Å². The molecule has 4 heterocycles. The van der Waals surface area contributed by atoms with E-state index in [0.717, 1.165) is 45.3 Å². The highest BCUT2D eigenvalue weighted by atomic mass is 32.1. The van der Waals surface area contributed by atoms with Crippen molar-refractivity contribution in [1.29, 1.82) is 0 Å². The fourth-order valence-corrected chi connectivity index (χ4v) is 5.34. The molecule has 2 fully saturated rings. The molecule has 2 aliphatic heterocycles. The number of thiophene rings is 1. The standard InChI is InChI=1S/C22H29N3O2S/c1-16-14-20(26)25(21(27)15-16)10-3-2-9-24-11-5-17(6-12-24)22-18-7-13-28-19(18)4-8-23-22/h4,7-8,13,16-17H,2-3,5-6,9-12,14-15H2,1H3. The third-order valence-electron chi connectivity index (χ3n) is 6.14. The number of piperidine rings is 2. The molecule has 2 aromatic rings. The first-order chi connectivity index (χ1) is 13.6. The minimum atomic E-state index is 0.0136.